The molecule has 0 amide bonds. The highest BCUT2D eigenvalue weighted by atomic mass is 16.5. The number of nitrogens with zero attached hydrogens (tertiary/aromatic N) is 1. The number of pyridine rings is 1. The Kier molecular flexibility index (Phi) is 1.63. The topological polar surface area (TPSA) is 31.4 Å². The fraction of sp³-hybridized carbons (Fsp3) is 0.375. The number of ether oxygens (including phenoxy) is 2. The Labute approximate surface area is 65.0 Å². The molecule has 1 aliphatic heterocycles. The molecule has 3 nitrogen and oxygen atoms in total. The van der Waals surface area contributed by atoms with Crippen LogP contribution in [0.15, 0.2) is 18.5 Å². The predicted molar refractivity (Wildman–Crippen MR) is 39.8 cm³/mol. The molecular weight excluding hydrogens is 142 g/mol. The Bertz CT molecular complexity index is 225. The van der Waals surface area contributed by atoms with Crippen LogP contribution in [-0.4, -0.2) is 18.2 Å². The Morgan fingerprint density at radius 3 is 2.91 bits per heavy atom. The summed E-state index contributed by atoms with van der Waals surface area (Å²) in [4.78, 5) is 3.93. The van der Waals surface area contributed by atoms with E-state index >= 15 is 0 Å². The van der Waals surface area contributed by atoms with Crippen LogP contribution in [0.5, 0.6) is 11.5 Å². The molecule has 58 valence electrons. The zero-order chi connectivity index (χ0) is 7.52. The van der Waals surface area contributed by atoms with Gasteiger partial charge >= 0.3 is 0 Å². The number of hydrogen-bond acceptors (Lipinski definition) is 3. The molecule has 0 radical (unpaired) electrons. The molecule has 0 unspecified atom stereocenters. The van der Waals surface area contributed by atoms with E-state index in [1.54, 1.807) is 12.4 Å². The van der Waals surface area contributed by atoms with E-state index in [4.69, 9.17) is 9.47 Å². The summed E-state index contributed by atoms with van der Waals surface area (Å²) in [7, 11) is 0. The molecule has 0 aliphatic carbocycles. The maximum Gasteiger partial charge on any atom is 0.179 e. The van der Waals surface area contributed by atoms with E-state index in [0.29, 0.717) is 0 Å². The maximum absolute atomic E-state index is 5.38. The third-order valence-corrected chi connectivity index (χ3v) is 1.55. The van der Waals surface area contributed by atoms with Crippen LogP contribution >= 0.6 is 0 Å². The van der Waals surface area contributed by atoms with Crippen molar-refractivity contribution in [2.24, 2.45) is 0 Å². The zero-order valence-corrected chi connectivity index (χ0v) is 6.12. The van der Waals surface area contributed by atoms with E-state index in [9.17, 15) is 0 Å². The van der Waals surface area contributed by atoms with Crippen LogP contribution in [0.3, 0.4) is 0 Å². The average Bonchev–Trinajstić information content (AvgIpc) is 2.28. The van der Waals surface area contributed by atoms with Gasteiger partial charge in [0.1, 0.15) is 0 Å². The van der Waals surface area contributed by atoms with Crippen LogP contribution < -0.4 is 9.47 Å². The molecule has 3 heteroatoms. The zero-order valence-electron chi connectivity index (χ0n) is 6.12. The van der Waals surface area contributed by atoms with Crippen molar-refractivity contribution in [1.82, 2.24) is 4.98 Å². The van der Waals surface area contributed by atoms with E-state index in [1.165, 1.54) is 0 Å². The third-order valence-electron chi connectivity index (χ3n) is 1.55. The van der Waals surface area contributed by atoms with Gasteiger partial charge in [-0.3, -0.25) is 4.98 Å². The van der Waals surface area contributed by atoms with Gasteiger partial charge in [0, 0.05) is 18.7 Å². The van der Waals surface area contributed by atoms with Crippen LogP contribution in [-0.2, 0) is 0 Å². The van der Waals surface area contributed by atoms with Crippen LogP contribution in [0, 0.1) is 0 Å². The molecule has 0 spiro atoms. The molecule has 11 heavy (non-hydrogen) atoms. The van der Waals surface area contributed by atoms with Crippen LogP contribution in [0.25, 0.3) is 0 Å². The lowest BCUT2D eigenvalue weighted by Gasteiger charge is -2.03. The standard InChI is InChI=1S/C8H9NO2/c1-4-10-7-2-3-9-6-8(7)11-5-1/h2-3,6H,1,4-5H2. The van der Waals surface area contributed by atoms with E-state index in [2.05, 4.69) is 4.98 Å². The summed E-state index contributed by atoms with van der Waals surface area (Å²) < 4.78 is 10.7. The second-order valence-corrected chi connectivity index (χ2v) is 2.37. The summed E-state index contributed by atoms with van der Waals surface area (Å²) in [5.74, 6) is 1.56. The molecule has 0 saturated carbocycles. The van der Waals surface area contributed by atoms with Crippen molar-refractivity contribution in [3.8, 4) is 11.5 Å². The molecule has 0 saturated heterocycles. The van der Waals surface area contributed by atoms with Crippen molar-refractivity contribution >= 4 is 0 Å². The Hall–Kier alpha value is -1.25. The van der Waals surface area contributed by atoms with Crippen LogP contribution in [0.2, 0.25) is 0 Å². The minimum absolute atomic E-state index is 0.721. The van der Waals surface area contributed by atoms with Gasteiger partial charge in [0.2, 0.25) is 0 Å². The van der Waals surface area contributed by atoms with Crippen molar-refractivity contribution in [1.29, 1.82) is 0 Å². The first-order valence-corrected chi connectivity index (χ1v) is 3.66. The Morgan fingerprint density at radius 1 is 1.18 bits per heavy atom. The molecule has 0 atom stereocenters. The fourth-order valence-electron chi connectivity index (χ4n) is 1.02. The van der Waals surface area contributed by atoms with Crippen molar-refractivity contribution in [2.45, 2.75) is 6.42 Å². The summed E-state index contributed by atoms with van der Waals surface area (Å²) in [6.45, 7) is 1.45. The second kappa shape index (κ2) is 2.78. The lowest BCUT2D eigenvalue weighted by atomic mass is 10.4. The normalized spacial score (nSPS) is 15.6. The smallest absolute Gasteiger partial charge is 0.179 e. The Balaban J connectivity index is 2.33. The van der Waals surface area contributed by atoms with Crippen molar-refractivity contribution in [2.75, 3.05) is 13.2 Å². The monoisotopic (exact) mass is 151 g/mol. The second-order valence-electron chi connectivity index (χ2n) is 2.37. The van der Waals surface area contributed by atoms with Gasteiger partial charge < -0.3 is 9.47 Å². The largest absolute Gasteiger partial charge is 0.489 e. The predicted octanol–water partition coefficient (Wildman–Crippen LogP) is 1.24. The molecule has 2 heterocycles. The first kappa shape index (κ1) is 6.46. The minimum atomic E-state index is 0.721. The quantitative estimate of drug-likeness (QED) is 0.559. The SMILES string of the molecule is c1cc2c(cn1)OCCCO2. The van der Waals surface area contributed by atoms with E-state index in [1.807, 2.05) is 6.07 Å². The molecule has 0 aromatic carbocycles. The number of aromatic nitrogens is 1. The summed E-state index contributed by atoms with van der Waals surface area (Å²) in [6, 6.07) is 1.82. The van der Waals surface area contributed by atoms with Gasteiger partial charge in [-0.05, 0) is 0 Å². The molecule has 0 fully saturated rings. The van der Waals surface area contributed by atoms with E-state index < -0.39 is 0 Å². The molecule has 2 rings (SSSR count). The molecule has 1 aromatic rings. The molecule has 0 N–H and O–H groups in total. The summed E-state index contributed by atoms with van der Waals surface area (Å²) in [5.41, 5.74) is 0. The van der Waals surface area contributed by atoms with Gasteiger partial charge in [-0.2, -0.15) is 0 Å². The highest BCUT2D eigenvalue weighted by Gasteiger charge is 2.07. The lowest BCUT2D eigenvalue weighted by Crippen LogP contribution is -1.97. The molecule has 0 bridgehead atoms. The number of fused-ring (bicyclic) bond motifs is 1. The summed E-state index contributed by atoms with van der Waals surface area (Å²) in [6.07, 6.45) is 4.32. The van der Waals surface area contributed by atoms with Crippen molar-refractivity contribution in [3.63, 3.8) is 0 Å². The highest BCUT2D eigenvalue weighted by molar-refractivity contribution is 5.36. The minimum Gasteiger partial charge on any atom is -0.489 e. The summed E-state index contributed by atoms with van der Waals surface area (Å²) >= 11 is 0. The molecular formula is C8H9NO2. The third kappa shape index (κ3) is 1.27. The first-order valence-electron chi connectivity index (χ1n) is 3.66. The van der Waals surface area contributed by atoms with E-state index in [0.717, 1.165) is 31.1 Å². The molecule has 1 aromatic heterocycles. The van der Waals surface area contributed by atoms with Crippen molar-refractivity contribution in [3.05, 3.63) is 18.5 Å². The first-order chi connectivity index (χ1) is 5.47. The van der Waals surface area contributed by atoms with Gasteiger partial charge in [0.25, 0.3) is 0 Å². The van der Waals surface area contributed by atoms with Gasteiger partial charge in [-0.15, -0.1) is 0 Å². The number of rotatable bonds is 0. The van der Waals surface area contributed by atoms with Gasteiger partial charge in [0.15, 0.2) is 11.5 Å². The van der Waals surface area contributed by atoms with Crippen LogP contribution in [0.4, 0.5) is 0 Å². The maximum atomic E-state index is 5.38. The van der Waals surface area contributed by atoms with Gasteiger partial charge in [-0.1, -0.05) is 0 Å². The van der Waals surface area contributed by atoms with Crippen molar-refractivity contribution < 1.29 is 9.47 Å². The average molecular weight is 151 g/mol. The highest BCUT2D eigenvalue weighted by Crippen LogP contribution is 2.26. The lowest BCUT2D eigenvalue weighted by molar-refractivity contribution is 0.296. The fourth-order valence-corrected chi connectivity index (χ4v) is 1.02. The van der Waals surface area contributed by atoms with Gasteiger partial charge in [-0.25, -0.2) is 0 Å². The van der Waals surface area contributed by atoms with Crippen LogP contribution in [0.1, 0.15) is 6.42 Å². The number of hydrogen-bond donors (Lipinski definition) is 0. The molecule has 1 aliphatic rings. The van der Waals surface area contributed by atoms with E-state index in [-0.39, 0.29) is 0 Å². The summed E-state index contributed by atoms with van der Waals surface area (Å²) in [5, 5.41) is 0. The van der Waals surface area contributed by atoms with Gasteiger partial charge in [0.05, 0.1) is 19.4 Å². The Morgan fingerprint density at radius 2 is 2.00 bits per heavy atom.